The Morgan fingerprint density at radius 1 is 1.22 bits per heavy atom. The van der Waals surface area contributed by atoms with E-state index in [1.165, 1.54) is 11.2 Å². The molecule has 0 unspecified atom stereocenters. The highest BCUT2D eigenvalue weighted by molar-refractivity contribution is 6.46. The van der Waals surface area contributed by atoms with Crippen LogP contribution >= 0.6 is 0 Å². The van der Waals surface area contributed by atoms with Gasteiger partial charge < -0.3 is 24.1 Å². The number of benzene rings is 1. The van der Waals surface area contributed by atoms with Crippen LogP contribution in [0.15, 0.2) is 46.6 Å². The number of hydrogen-bond donors (Lipinski definition) is 1. The fourth-order valence-corrected chi connectivity index (χ4v) is 4.58. The normalized spacial score (nSPS) is 21.9. The molecule has 0 bridgehead atoms. The Balaban J connectivity index is 1.68. The molecule has 1 aromatic carbocycles. The fourth-order valence-electron chi connectivity index (χ4n) is 4.58. The van der Waals surface area contributed by atoms with Crippen molar-refractivity contribution in [2.75, 3.05) is 26.2 Å². The number of aliphatic hydroxyl groups is 1. The lowest BCUT2D eigenvalue weighted by Gasteiger charge is -2.25. The highest BCUT2D eigenvalue weighted by Gasteiger charge is 2.47. The van der Waals surface area contributed by atoms with Gasteiger partial charge >= 0.3 is 0 Å². The maximum atomic E-state index is 13.0. The van der Waals surface area contributed by atoms with E-state index < -0.39 is 17.7 Å². The summed E-state index contributed by atoms with van der Waals surface area (Å²) >= 11 is 0. The van der Waals surface area contributed by atoms with Gasteiger partial charge in [0.15, 0.2) is 0 Å². The van der Waals surface area contributed by atoms with Crippen molar-refractivity contribution in [3.63, 3.8) is 0 Å². The van der Waals surface area contributed by atoms with Gasteiger partial charge in [-0.2, -0.15) is 0 Å². The summed E-state index contributed by atoms with van der Waals surface area (Å²) in [5.74, 6) is -0.221. The number of fused-ring (bicyclic) bond motifs is 1. The zero-order valence-corrected chi connectivity index (χ0v) is 18.8. The van der Waals surface area contributed by atoms with E-state index in [-0.39, 0.29) is 17.4 Å². The molecular formula is C25H30N2O5. The molecule has 1 fully saturated rings. The lowest BCUT2D eigenvalue weighted by Crippen LogP contribution is -2.33. The number of carbonyl (C=O) groups excluding carboxylic acids is 2. The van der Waals surface area contributed by atoms with Crippen LogP contribution in [0.2, 0.25) is 0 Å². The Bertz CT molecular complexity index is 1020. The van der Waals surface area contributed by atoms with Crippen LogP contribution in [0.5, 0.6) is 5.75 Å². The number of likely N-dealkylation sites (tertiary alicyclic amines) is 1. The van der Waals surface area contributed by atoms with E-state index >= 15 is 0 Å². The Morgan fingerprint density at radius 2 is 2.00 bits per heavy atom. The zero-order chi connectivity index (χ0) is 22.8. The molecule has 7 heteroatoms. The average molecular weight is 439 g/mol. The van der Waals surface area contributed by atoms with Crippen molar-refractivity contribution >= 4 is 17.4 Å². The number of nitrogens with zero attached hydrogens (tertiary/aromatic N) is 2. The Kier molecular flexibility index (Phi) is 6.37. The molecule has 0 radical (unpaired) electrons. The summed E-state index contributed by atoms with van der Waals surface area (Å²) in [6.07, 6.45) is 3.04. The van der Waals surface area contributed by atoms with Crippen LogP contribution in [0, 0.1) is 0 Å². The molecule has 2 aliphatic heterocycles. The van der Waals surface area contributed by atoms with E-state index in [4.69, 9.17) is 9.15 Å². The summed E-state index contributed by atoms with van der Waals surface area (Å²) in [6.45, 7) is 9.26. The smallest absolute Gasteiger partial charge is 0.295 e. The third kappa shape index (κ3) is 4.05. The maximum absolute atomic E-state index is 13.0. The number of aliphatic hydroxyl groups excluding tert-OH is 1. The molecule has 1 N–H and O–H groups in total. The van der Waals surface area contributed by atoms with Crippen LogP contribution < -0.4 is 4.74 Å². The molecule has 2 aliphatic rings. The van der Waals surface area contributed by atoms with Gasteiger partial charge in [0.1, 0.15) is 29.4 Å². The van der Waals surface area contributed by atoms with Crippen molar-refractivity contribution in [3.8, 4) is 5.75 Å². The maximum Gasteiger partial charge on any atom is 0.295 e. The minimum absolute atomic E-state index is 0.0692. The summed E-state index contributed by atoms with van der Waals surface area (Å²) in [4.78, 5) is 29.8. The largest absolute Gasteiger partial charge is 0.507 e. The van der Waals surface area contributed by atoms with E-state index in [1.54, 1.807) is 24.3 Å². The number of carbonyl (C=O) groups is 2. The number of amides is 1. The van der Waals surface area contributed by atoms with E-state index in [0.717, 1.165) is 43.8 Å². The molecule has 1 aromatic heterocycles. The standard InChI is InChI=1S/C25H30N2O5/c1-4-26(5-2)11-7-12-27-22(20-8-6-13-31-20)21(24(29)25(27)30)23(28)17-9-10-19-18(15-17)14-16(3)32-19/h6,8-10,13,15-16,22,28H,4-5,7,11-12,14H2,1-3H3/b23-21+/t16-,22-/m0/s1. The van der Waals surface area contributed by atoms with E-state index in [0.29, 0.717) is 17.9 Å². The second-order valence-corrected chi connectivity index (χ2v) is 8.34. The number of ketones is 1. The number of rotatable bonds is 8. The van der Waals surface area contributed by atoms with E-state index in [9.17, 15) is 14.7 Å². The molecular weight excluding hydrogens is 408 g/mol. The van der Waals surface area contributed by atoms with Crippen LogP contribution in [-0.4, -0.2) is 58.9 Å². The molecule has 3 heterocycles. The van der Waals surface area contributed by atoms with Crippen LogP contribution in [-0.2, 0) is 16.0 Å². The third-order valence-corrected chi connectivity index (χ3v) is 6.29. The predicted octanol–water partition coefficient (Wildman–Crippen LogP) is 3.76. The predicted molar refractivity (Wildman–Crippen MR) is 120 cm³/mol. The van der Waals surface area contributed by atoms with Crippen molar-refractivity contribution in [1.29, 1.82) is 0 Å². The van der Waals surface area contributed by atoms with Crippen LogP contribution in [0.3, 0.4) is 0 Å². The molecule has 1 amide bonds. The first-order valence-electron chi connectivity index (χ1n) is 11.3. The summed E-state index contributed by atoms with van der Waals surface area (Å²) in [7, 11) is 0. The molecule has 0 aliphatic carbocycles. The van der Waals surface area contributed by atoms with E-state index in [1.807, 2.05) is 13.0 Å². The molecule has 0 saturated carbocycles. The second-order valence-electron chi connectivity index (χ2n) is 8.34. The van der Waals surface area contributed by atoms with Gasteiger partial charge in [0.05, 0.1) is 11.8 Å². The van der Waals surface area contributed by atoms with Crippen molar-refractivity contribution in [2.45, 2.75) is 45.8 Å². The number of Topliss-reactive ketones (excluding diaryl/α,β-unsaturated/α-hetero) is 1. The third-order valence-electron chi connectivity index (χ3n) is 6.29. The van der Waals surface area contributed by atoms with Crippen molar-refractivity contribution in [2.24, 2.45) is 0 Å². The van der Waals surface area contributed by atoms with Gasteiger partial charge in [-0.05, 0) is 68.9 Å². The topological polar surface area (TPSA) is 83.2 Å². The average Bonchev–Trinajstić information content (AvgIpc) is 3.49. The van der Waals surface area contributed by atoms with Gasteiger partial charge in [-0.25, -0.2) is 0 Å². The molecule has 7 nitrogen and oxygen atoms in total. The van der Waals surface area contributed by atoms with Crippen LogP contribution in [0.4, 0.5) is 0 Å². The molecule has 170 valence electrons. The summed E-state index contributed by atoms with van der Waals surface area (Å²) in [6, 6.07) is 8.07. The molecule has 1 saturated heterocycles. The first-order valence-corrected chi connectivity index (χ1v) is 11.3. The van der Waals surface area contributed by atoms with Crippen LogP contribution in [0.25, 0.3) is 5.76 Å². The molecule has 2 aromatic rings. The highest BCUT2D eigenvalue weighted by Crippen LogP contribution is 2.40. The van der Waals surface area contributed by atoms with Crippen molar-refractivity contribution in [3.05, 3.63) is 59.1 Å². The van der Waals surface area contributed by atoms with Gasteiger partial charge in [-0.3, -0.25) is 9.59 Å². The lowest BCUT2D eigenvalue weighted by molar-refractivity contribution is -0.140. The number of ether oxygens (including phenoxy) is 1. The van der Waals surface area contributed by atoms with Crippen molar-refractivity contribution < 1.29 is 23.8 Å². The Hall–Kier alpha value is -3.06. The van der Waals surface area contributed by atoms with Crippen LogP contribution in [0.1, 0.15) is 50.1 Å². The number of furan rings is 1. The van der Waals surface area contributed by atoms with Gasteiger partial charge in [-0.1, -0.05) is 13.8 Å². The number of hydrogen-bond acceptors (Lipinski definition) is 6. The quantitative estimate of drug-likeness (QED) is 0.384. The van der Waals surface area contributed by atoms with Gasteiger partial charge in [0.2, 0.25) is 0 Å². The van der Waals surface area contributed by atoms with Crippen molar-refractivity contribution in [1.82, 2.24) is 9.80 Å². The summed E-state index contributed by atoms with van der Waals surface area (Å²) < 4.78 is 11.3. The Morgan fingerprint density at radius 3 is 2.69 bits per heavy atom. The highest BCUT2D eigenvalue weighted by atomic mass is 16.5. The monoisotopic (exact) mass is 438 g/mol. The summed E-state index contributed by atoms with van der Waals surface area (Å²) in [5, 5.41) is 11.2. The first-order chi connectivity index (χ1) is 15.4. The fraction of sp³-hybridized carbons (Fsp3) is 0.440. The zero-order valence-electron chi connectivity index (χ0n) is 18.8. The minimum Gasteiger partial charge on any atom is -0.507 e. The first kappa shape index (κ1) is 22.1. The SMILES string of the molecule is CCN(CC)CCCN1C(=O)C(=O)/C(=C(/O)c2ccc3c(c2)C[C@H](C)O3)[C@@H]1c1ccco1. The molecule has 0 spiro atoms. The lowest BCUT2D eigenvalue weighted by atomic mass is 9.97. The van der Waals surface area contributed by atoms with Gasteiger partial charge in [0.25, 0.3) is 11.7 Å². The molecule has 32 heavy (non-hydrogen) atoms. The molecule has 4 rings (SSSR count). The van der Waals surface area contributed by atoms with Gasteiger partial charge in [0, 0.05) is 18.5 Å². The van der Waals surface area contributed by atoms with Gasteiger partial charge in [-0.15, -0.1) is 0 Å². The second kappa shape index (κ2) is 9.20. The summed E-state index contributed by atoms with van der Waals surface area (Å²) in [5.41, 5.74) is 1.54. The van der Waals surface area contributed by atoms with E-state index in [2.05, 4.69) is 18.7 Å². The minimum atomic E-state index is -0.745. The Labute approximate surface area is 188 Å². The molecule has 2 atom stereocenters.